The molecule has 0 radical (unpaired) electrons. The molecule has 2 amide bonds. The van der Waals surface area contributed by atoms with Crippen LogP contribution in [0.4, 0.5) is 0 Å². The van der Waals surface area contributed by atoms with E-state index in [4.69, 9.17) is 11.6 Å². The second-order valence-electron chi connectivity index (χ2n) is 8.93. The molecule has 1 fully saturated rings. The summed E-state index contributed by atoms with van der Waals surface area (Å²) in [6.07, 6.45) is 0. The van der Waals surface area contributed by atoms with Gasteiger partial charge in [0.15, 0.2) is 0 Å². The maximum absolute atomic E-state index is 13.5. The van der Waals surface area contributed by atoms with Gasteiger partial charge in [0.05, 0.1) is 10.6 Å². The molecule has 0 aliphatic carbocycles. The van der Waals surface area contributed by atoms with Crippen molar-refractivity contribution in [1.82, 2.24) is 10.2 Å². The van der Waals surface area contributed by atoms with Crippen LogP contribution >= 0.6 is 23.4 Å². The molecule has 1 heterocycles. The van der Waals surface area contributed by atoms with Crippen molar-refractivity contribution in [3.63, 3.8) is 0 Å². The number of halogens is 1. The predicted octanol–water partition coefficient (Wildman–Crippen LogP) is 5.42. The minimum atomic E-state index is -0.548. The molecule has 0 aromatic heterocycles. The first-order valence-electron chi connectivity index (χ1n) is 10.2. The molecule has 1 saturated heterocycles. The molecule has 1 aliphatic heterocycles. The molecule has 2 unspecified atom stereocenters. The van der Waals surface area contributed by atoms with Crippen LogP contribution in [0.5, 0.6) is 0 Å². The van der Waals surface area contributed by atoms with Crippen LogP contribution in [0.15, 0.2) is 48.5 Å². The summed E-state index contributed by atoms with van der Waals surface area (Å²) in [6, 6.07) is 14.8. The van der Waals surface area contributed by atoms with Crippen LogP contribution in [0.2, 0.25) is 5.02 Å². The van der Waals surface area contributed by atoms with E-state index in [-0.39, 0.29) is 28.6 Å². The van der Waals surface area contributed by atoms with Crippen LogP contribution < -0.4 is 5.32 Å². The minimum absolute atomic E-state index is 0.00452. The van der Waals surface area contributed by atoms with Crippen LogP contribution in [-0.2, 0) is 10.2 Å². The summed E-state index contributed by atoms with van der Waals surface area (Å²) in [5, 5.41) is 3.11. The van der Waals surface area contributed by atoms with Crippen molar-refractivity contribution in [3.05, 3.63) is 70.2 Å². The van der Waals surface area contributed by atoms with Gasteiger partial charge in [-0.15, -0.1) is 11.8 Å². The van der Waals surface area contributed by atoms with E-state index < -0.39 is 6.04 Å². The molecule has 0 spiro atoms. The van der Waals surface area contributed by atoms with E-state index in [0.717, 1.165) is 5.56 Å². The second-order valence-corrected chi connectivity index (χ2v) is 10.4. The Bertz CT molecular complexity index is 922. The fraction of sp³-hybridized carbons (Fsp3) is 0.417. The van der Waals surface area contributed by atoms with Crippen molar-refractivity contribution >= 4 is 35.2 Å². The normalized spacial score (nSPS) is 19.2. The standard InChI is InChI=1S/C24H29ClN2O2S/c1-15(2)26-21(28)20-14-30-23(16-10-12-17(13-11-16)24(3,4)5)27(20)22(29)18-8-6-7-9-19(18)25/h6-13,15,20,23H,14H2,1-5H3,(H,26,28). The highest BCUT2D eigenvalue weighted by Crippen LogP contribution is 2.43. The van der Waals surface area contributed by atoms with Gasteiger partial charge in [0, 0.05) is 11.8 Å². The summed E-state index contributed by atoms with van der Waals surface area (Å²) in [6.45, 7) is 10.4. The fourth-order valence-corrected chi connectivity index (χ4v) is 5.16. The molecular weight excluding hydrogens is 416 g/mol. The molecule has 3 rings (SSSR count). The van der Waals surface area contributed by atoms with Crippen molar-refractivity contribution in [1.29, 1.82) is 0 Å². The summed E-state index contributed by atoms with van der Waals surface area (Å²) in [4.78, 5) is 28.1. The van der Waals surface area contributed by atoms with Crippen LogP contribution in [0, 0.1) is 0 Å². The molecule has 6 heteroatoms. The molecular formula is C24H29ClN2O2S. The van der Waals surface area contributed by atoms with Gasteiger partial charge in [-0.1, -0.05) is 68.8 Å². The molecule has 2 atom stereocenters. The van der Waals surface area contributed by atoms with Gasteiger partial charge in [-0.25, -0.2) is 0 Å². The highest BCUT2D eigenvalue weighted by molar-refractivity contribution is 7.99. The van der Waals surface area contributed by atoms with E-state index in [1.165, 1.54) is 5.56 Å². The number of nitrogens with zero attached hydrogens (tertiary/aromatic N) is 1. The van der Waals surface area contributed by atoms with Crippen LogP contribution in [0.25, 0.3) is 0 Å². The number of hydrogen-bond acceptors (Lipinski definition) is 3. The topological polar surface area (TPSA) is 49.4 Å². The maximum Gasteiger partial charge on any atom is 0.257 e. The van der Waals surface area contributed by atoms with Crippen LogP contribution in [0.1, 0.15) is 61.5 Å². The van der Waals surface area contributed by atoms with Gasteiger partial charge in [-0.05, 0) is 42.5 Å². The van der Waals surface area contributed by atoms with E-state index in [2.05, 4.69) is 50.4 Å². The molecule has 2 aromatic carbocycles. The van der Waals surface area contributed by atoms with Crippen LogP contribution in [0.3, 0.4) is 0 Å². The third-order valence-electron chi connectivity index (χ3n) is 5.13. The van der Waals surface area contributed by atoms with E-state index in [0.29, 0.717) is 16.3 Å². The van der Waals surface area contributed by atoms with Gasteiger partial charge in [0.25, 0.3) is 5.91 Å². The monoisotopic (exact) mass is 444 g/mol. The lowest BCUT2D eigenvalue weighted by Crippen LogP contribution is -2.49. The SMILES string of the molecule is CC(C)NC(=O)C1CSC(c2ccc(C(C)(C)C)cc2)N1C(=O)c1ccccc1Cl. The summed E-state index contributed by atoms with van der Waals surface area (Å²) in [7, 11) is 0. The van der Waals surface area contributed by atoms with E-state index >= 15 is 0 Å². The Hall–Kier alpha value is -1.98. The van der Waals surface area contributed by atoms with E-state index in [1.807, 2.05) is 13.8 Å². The van der Waals surface area contributed by atoms with Crippen molar-refractivity contribution in [3.8, 4) is 0 Å². The molecule has 1 aliphatic rings. The lowest BCUT2D eigenvalue weighted by Gasteiger charge is -2.30. The third kappa shape index (κ3) is 4.84. The summed E-state index contributed by atoms with van der Waals surface area (Å²) in [5.41, 5.74) is 2.70. The number of rotatable bonds is 4. The number of carbonyl (C=O) groups is 2. The smallest absolute Gasteiger partial charge is 0.257 e. The Balaban J connectivity index is 1.98. The molecule has 0 saturated carbocycles. The Morgan fingerprint density at radius 1 is 1.10 bits per heavy atom. The highest BCUT2D eigenvalue weighted by atomic mass is 35.5. The van der Waals surface area contributed by atoms with Gasteiger partial charge in [-0.3, -0.25) is 9.59 Å². The van der Waals surface area contributed by atoms with Crippen molar-refractivity contribution in [2.75, 3.05) is 5.75 Å². The lowest BCUT2D eigenvalue weighted by molar-refractivity contribution is -0.125. The average molecular weight is 445 g/mol. The zero-order chi connectivity index (χ0) is 22.1. The maximum atomic E-state index is 13.5. The zero-order valence-electron chi connectivity index (χ0n) is 18.1. The first-order chi connectivity index (χ1) is 14.1. The summed E-state index contributed by atoms with van der Waals surface area (Å²) in [5.74, 6) is 0.187. The highest BCUT2D eigenvalue weighted by Gasteiger charge is 2.43. The molecule has 160 valence electrons. The summed E-state index contributed by atoms with van der Waals surface area (Å²) < 4.78 is 0. The van der Waals surface area contributed by atoms with Crippen molar-refractivity contribution < 1.29 is 9.59 Å². The first-order valence-corrected chi connectivity index (χ1v) is 11.6. The number of amides is 2. The van der Waals surface area contributed by atoms with Gasteiger partial charge in [-0.2, -0.15) is 0 Å². The van der Waals surface area contributed by atoms with Gasteiger partial charge >= 0.3 is 0 Å². The number of hydrogen-bond donors (Lipinski definition) is 1. The van der Waals surface area contributed by atoms with Crippen LogP contribution in [-0.4, -0.2) is 34.6 Å². The predicted molar refractivity (Wildman–Crippen MR) is 125 cm³/mol. The first kappa shape index (κ1) is 22.7. The number of nitrogens with one attached hydrogen (secondary N) is 1. The minimum Gasteiger partial charge on any atom is -0.352 e. The van der Waals surface area contributed by atoms with E-state index in [9.17, 15) is 9.59 Å². The zero-order valence-corrected chi connectivity index (χ0v) is 19.7. The van der Waals surface area contributed by atoms with Gasteiger partial charge in [0.1, 0.15) is 11.4 Å². The molecule has 1 N–H and O–H groups in total. The lowest BCUT2D eigenvalue weighted by atomic mass is 9.86. The summed E-state index contributed by atoms with van der Waals surface area (Å²) >= 11 is 7.93. The molecule has 0 bridgehead atoms. The second kappa shape index (κ2) is 9.03. The fourth-order valence-electron chi connectivity index (χ4n) is 3.52. The number of benzene rings is 2. The number of carbonyl (C=O) groups excluding carboxylic acids is 2. The number of thioether (sulfide) groups is 1. The largest absolute Gasteiger partial charge is 0.352 e. The molecule has 4 nitrogen and oxygen atoms in total. The van der Waals surface area contributed by atoms with Crippen molar-refractivity contribution in [2.45, 2.75) is 57.5 Å². The Morgan fingerprint density at radius 3 is 2.30 bits per heavy atom. The Labute approximate surface area is 188 Å². The third-order valence-corrected chi connectivity index (χ3v) is 6.79. The van der Waals surface area contributed by atoms with E-state index in [1.54, 1.807) is 40.9 Å². The van der Waals surface area contributed by atoms with Gasteiger partial charge in [0.2, 0.25) is 5.91 Å². The average Bonchev–Trinajstić information content (AvgIpc) is 3.12. The van der Waals surface area contributed by atoms with Gasteiger partial charge < -0.3 is 10.2 Å². The Morgan fingerprint density at radius 2 is 1.73 bits per heavy atom. The Kier molecular flexibility index (Phi) is 6.83. The molecule has 30 heavy (non-hydrogen) atoms. The quantitative estimate of drug-likeness (QED) is 0.685. The van der Waals surface area contributed by atoms with Crippen molar-refractivity contribution in [2.24, 2.45) is 0 Å². The molecule has 2 aromatic rings.